The number of hydrogen-bond donors (Lipinski definition) is 0. The predicted molar refractivity (Wildman–Crippen MR) is 172 cm³/mol. The summed E-state index contributed by atoms with van der Waals surface area (Å²) in [7, 11) is 0. The summed E-state index contributed by atoms with van der Waals surface area (Å²) in [6, 6.07) is 25.6. The van der Waals surface area contributed by atoms with Gasteiger partial charge in [0.2, 0.25) is 0 Å². The zero-order valence-electron chi connectivity index (χ0n) is 25.8. The van der Waals surface area contributed by atoms with Gasteiger partial charge >= 0.3 is 6.18 Å². The van der Waals surface area contributed by atoms with Gasteiger partial charge in [-0.15, -0.1) is 10.2 Å². The number of allylic oxidation sites excluding steroid dienone is 3. The Morgan fingerprint density at radius 1 is 0.915 bits per heavy atom. The van der Waals surface area contributed by atoms with E-state index in [2.05, 4.69) is 28.3 Å². The Labute approximate surface area is 270 Å². The molecule has 3 aromatic carbocycles. The SMILES string of the molecule is CC12Cc3cnn(-c4ccc(F)cc4)c3C=C1CC[C@H]1C2=CC[C@@H](C(F)(F)F)[C@@H]1c1nnc(-c2ccccc2)n1Cc1ccccc1. The van der Waals surface area contributed by atoms with Gasteiger partial charge in [-0.25, -0.2) is 9.07 Å². The van der Waals surface area contributed by atoms with E-state index in [0.717, 1.165) is 33.6 Å². The number of hydrogen-bond acceptors (Lipinski definition) is 3. The molecule has 1 saturated carbocycles. The van der Waals surface area contributed by atoms with E-state index in [1.54, 1.807) is 12.1 Å². The van der Waals surface area contributed by atoms with Crippen molar-refractivity contribution in [2.24, 2.45) is 17.3 Å². The van der Waals surface area contributed by atoms with Crippen LogP contribution in [0.3, 0.4) is 0 Å². The van der Waals surface area contributed by atoms with Crippen molar-refractivity contribution in [1.29, 1.82) is 0 Å². The van der Waals surface area contributed by atoms with E-state index < -0.39 is 23.4 Å². The molecule has 0 saturated heterocycles. The summed E-state index contributed by atoms with van der Waals surface area (Å²) in [6.45, 7) is 2.54. The molecule has 3 aliphatic rings. The second-order valence-electron chi connectivity index (χ2n) is 13.2. The topological polar surface area (TPSA) is 48.5 Å². The van der Waals surface area contributed by atoms with Crippen LogP contribution < -0.4 is 0 Å². The zero-order chi connectivity index (χ0) is 32.3. The van der Waals surface area contributed by atoms with E-state index >= 15 is 13.2 Å². The molecule has 9 heteroatoms. The first-order chi connectivity index (χ1) is 22.7. The highest BCUT2D eigenvalue weighted by atomic mass is 19.4. The number of nitrogens with zero attached hydrogens (tertiary/aromatic N) is 5. The Hall–Kier alpha value is -4.79. The fourth-order valence-corrected chi connectivity index (χ4v) is 8.21. The van der Waals surface area contributed by atoms with Gasteiger partial charge in [-0.2, -0.15) is 18.3 Å². The summed E-state index contributed by atoms with van der Waals surface area (Å²) in [4.78, 5) is 0. The number of aromatic nitrogens is 5. The van der Waals surface area contributed by atoms with E-state index in [0.29, 0.717) is 37.5 Å². The van der Waals surface area contributed by atoms with Crippen LogP contribution in [-0.4, -0.2) is 30.7 Å². The number of alkyl halides is 3. The summed E-state index contributed by atoms with van der Waals surface area (Å²) >= 11 is 0. The molecule has 47 heavy (non-hydrogen) atoms. The highest BCUT2D eigenvalue weighted by molar-refractivity contribution is 5.64. The molecule has 238 valence electrons. The average molecular weight is 636 g/mol. The molecule has 4 atom stereocenters. The number of halogens is 4. The lowest BCUT2D eigenvalue weighted by Crippen LogP contribution is -2.44. The minimum Gasteiger partial charge on any atom is -0.306 e. The molecule has 2 aromatic heterocycles. The molecular formula is C38H33F4N5. The fourth-order valence-electron chi connectivity index (χ4n) is 8.21. The van der Waals surface area contributed by atoms with Crippen molar-refractivity contribution < 1.29 is 17.6 Å². The Balaban J connectivity index is 1.22. The molecule has 0 bridgehead atoms. The van der Waals surface area contributed by atoms with Crippen molar-refractivity contribution in [3.05, 3.63) is 137 Å². The van der Waals surface area contributed by atoms with Crippen LogP contribution in [0.5, 0.6) is 0 Å². The van der Waals surface area contributed by atoms with Gasteiger partial charge in [0, 0.05) is 16.9 Å². The maximum absolute atomic E-state index is 15.0. The number of fused-ring (bicyclic) bond motifs is 4. The number of benzene rings is 3. The van der Waals surface area contributed by atoms with Gasteiger partial charge in [0.25, 0.3) is 0 Å². The van der Waals surface area contributed by atoms with Gasteiger partial charge in [-0.3, -0.25) is 0 Å². The summed E-state index contributed by atoms with van der Waals surface area (Å²) in [6.07, 6.45) is 3.21. The van der Waals surface area contributed by atoms with Crippen LogP contribution in [0, 0.1) is 23.1 Å². The lowest BCUT2D eigenvalue weighted by molar-refractivity contribution is -0.186. The molecule has 8 rings (SSSR count). The van der Waals surface area contributed by atoms with Crippen molar-refractivity contribution in [2.75, 3.05) is 0 Å². The van der Waals surface area contributed by atoms with E-state index in [4.69, 9.17) is 0 Å². The Morgan fingerprint density at radius 2 is 1.64 bits per heavy atom. The Kier molecular flexibility index (Phi) is 7.04. The van der Waals surface area contributed by atoms with E-state index in [-0.39, 0.29) is 18.2 Å². The second-order valence-corrected chi connectivity index (χ2v) is 13.2. The molecule has 0 spiro atoms. The molecule has 1 unspecified atom stereocenters. The lowest BCUT2D eigenvalue weighted by atomic mass is 9.54. The van der Waals surface area contributed by atoms with Crippen molar-refractivity contribution in [3.63, 3.8) is 0 Å². The first-order valence-corrected chi connectivity index (χ1v) is 16.0. The summed E-state index contributed by atoms with van der Waals surface area (Å²) in [5.41, 5.74) is 6.31. The first-order valence-electron chi connectivity index (χ1n) is 16.0. The predicted octanol–water partition coefficient (Wildman–Crippen LogP) is 8.97. The Morgan fingerprint density at radius 3 is 2.36 bits per heavy atom. The third-order valence-corrected chi connectivity index (χ3v) is 10.5. The van der Waals surface area contributed by atoms with Gasteiger partial charge in [0.05, 0.1) is 30.0 Å². The van der Waals surface area contributed by atoms with E-state index in [1.165, 1.54) is 17.7 Å². The zero-order valence-corrected chi connectivity index (χ0v) is 25.8. The van der Waals surface area contributed by atoms with Gasteiger partial charge in [0.15, 0.2) is 5.82 Å². The van der Waals surface area contributed by atoms with Crippen LogP contribution in [0.2, 0.25) is 0 Å². The van der Waals surface area contributed by atoms with Gasteiger partial charge < -0.3 is 4.57 Å². The average Bonchev–Trinajstić information content (AvgIpc) is 3.67. The molecule has 0 amide bonds. The smallest absolute Gasteiger partial charge is 0.306 e. The molecule has 0 aliphatic heterocycles. The van der Waals surface area contributed by atoms with Crippen LogP contribution in [-0.2, 0) is 13.0 Å². The third kappa shape index (κ3) is 5.03. The second kappa shape index (κ2) is 11.2. The minimum atomic E-state index is -4.41. The normalized spacial score (nSPS) is 23.7. The molecule has 0 radical (unpaired) electrons. The maximum atomic E-state index is 15.0. The molecule has 5 aromatic rings. The van der Waals surface area contributed by atoms with Crippen LogP contribution in [0.25, 0.3) is 23.2 Å². The van der Waals surface area contributed by atoms with Crippen molar-refractivity contribution in [3.8, 4) is 17.1 Å². The van der Waals surface area contributed by atoms with Crippen molar-refractivity contribution in [2.45, 2.75) is 51.2 Å². The lowest BCUT2D eigenvalue weighted by Gasteiger charge is -2.51. The summed E-state index contributed by atoms with van der Waals surface area (Å²) in [5.74, 6) is -2.17. The number of rotatable bonds is 5. The Bertz CT molecular complexity index is 1990. The standard InChI is InChI=1S/C38H33F4N5/c1-37-21-26-22-43-47(29-15-13-28(39)14-16-29)33(26)20-27(37)12-17-30-31(37)18-19-32(38(40,41)42)34(30)36-45-44-35(25-10-6-3-7-11-25)46(36)23-24-8-4-2-5-9-24/h2-11,13-16,18,20,22,30,32,34H,12,17,19,21,23H2,1H3/t30-,32+,34+,37?/m0/s1. The minimum absolute atomic E-state index is 0.108. The molecule has 1 fully saturated rings. The maximum Gasteiger partial charge on any atom is 0.392 e. The molecule has 0 N–H and O–H groups in total. The van der Waals surface area contributed by atoms with E-state index in [9.17, 15) is 4.39 Å². The van der Waals surface area contributed by atoms with Crippen LogP contribution in [0.15, 0.2) is 108 Å². The third-order valence-electron chi connectivity index (χ3n) is 10.5. The largest absolute Gasteiger partial charge is 0.392 e. The van der Waals surface area contributed by atoms with Crippen molar-refractivity contribution >= 4 is 6.08 Å². The molecule has 2 heterocycles. The highest BCUT2D eigenvalue weighted by Crippen LogP contribution is 2.61. The summed E-state index contributed by atoms with van der Waals surface area (Å²) in [5, 5.41) is 13.8. The van der Waals surface area contributed by atoms with E-state index in [1.807, 2.05) is 82.2 Å². The molecular weight excluding hydrogens is 602 g/mol. The van der Waals surface area contributed by atoms with Crippen LogP contribution in [0.1, 0.15) is 54.7 Å². The summed E-state index contributed by atoms with van der Waals surface area (Å²) < 4.78 is 62.4. The van der Waals surface area contributed by atoms with Gasteiger partial charge in [0.1, 0.15) is 11.6 Å². The van der Waals surface area contributed by atoms with Crippen molar-refractivity contribution in [1.82, 2.24) is 24.5 Å². The van der Waals surface area contributed by atoms with Crippen LogP contribution >= 0.6 is 0 Å². The van der Waals surface area contributed by atoms with Gasteiger partial charge in [-0.05, 0) is 73.1 Å². The monoisotopic (exact) mass is 635 g/mol. The quantitative estimate of drug-likeness (QED) is 0.143. The first kappa shape index (κ1) is 29.6. The highest BCUT2D eigenvalue weighted by Gasteiger charge is 2.56. The van der Waals surface area contributed by atoms with Gasteiger partial charge in [-0.1, -0.05) is 84.8 Å². The molecule has 3 aliphatic carbocycles. The fraction of sp³-hybridized carbons (Fsp3) is 0.289. The molecule has 5 nitrogen and oxygen atoms in total. The van der Waals surface area contributed by atoms with Crippen LogP contribution in [0.4, 0.5) is 17.6 Å².